The van der Waals surface area contributed by atoms with E-state index in [-0.39, 0.29) is 18.4 Å². The molecule has 0 heterocycles. The molecule has 0 aliphatic carbocycles. The minimum atomic E-state index is -1.84. The fourth-order valence-corrected chi connectivity index (χ4v) is 1.85. The summed E-state index contributed by atoms with van der Waals surface area (Å²) in [6, 6.07) is 0. The lowest BCUT2D eigenvalue weighted by Gasteiger charge is -2.12. The molecule has 0 spiro atoms. The van der Waals surface area contributed by atoms with E-state index in [2.05, 4.69) is 13.8 Å². The molecule has 0 aromatic carbocycles. The maximum atomic E-state index is 11.2. The van der Waals surface area contributed by atoms with Crippen molar-refractivity contribution in [3.8, 4) is 0 Å². The van der Waals surface area contributed by atoms with E-state index in [0.717, 1.165) is 19.3 Å². The molecule has 7 heteroatoms. The third-order valence-corrected chi connectivity index (χ3v) is 3.25. The predicted octanol–water partition coefficient (Wildman–Crippen LogP) is 1.20. The highest BCUT2D eigenvalue weighted by Gasteiger charge is 2.25. The molecule has 2 unspecified atom stereocenters. The molecule has 6 nitrogen and oxygen atoms in total. The molecule has 0 bridgehead atoms. The molecule has 0 aliphatic heterocycles. The zero-order valence-electron chi connectivity index (χ0n) is 11.2. The molecule has 0 aromatic rings. The van der Waals surface area contributed by atoms with Crippen LogP contribution < -0.4 is 0 Å². The van der Waals surface area contributed by atoms with Gasteiger partial charge >= 0.3 is 11.9 Å². The summed E-state index contributed by atoms with van der Waals surface area (Å²) in [6.45, 7) is 4.47. The van der Waals surface area contributed by atoms with Crippen LogP contribution in [-0.2, 0) is 14.3 Å². The van der Waals surface area contributed by atoms with Gasteiger partial charge in [-0.3, -0.25) is 0 Å². The van der Waals surface area contributed by atoms with Gasteiger partial charge in [-0.15, -0.1) is 0 Å². The van der Waals surface area contributed by atoms with Crippen LogP contribution >= 0.6 is 11.8 Å². The second-order valence-corrected chi connectivity index (χ2v) is 5.75. The van der Waals surface area contributed by atoms with Gasteiger partial charge < -0.3 is 20.1 Å². The van der Waals surface area contributed by atoms with Gasteiger partial charge in [-0.25, -0.2) is 9.59 Å². The Morgan fingerprint density at radius 2 is 1.74 bits per heavy atom. The van der Waals surface area contributed by atoms with Gasteiger partial charge in [-0.1, -0.05) is 44.9 Å². The second-order valence-electron chi connectivity index (χ2n) is 4.59. The number of carbonyl (C=O) groups is 2. The lowest BCUT2D eigenvalue weighted by Crippen LogP contribution is -2.26. The van der Waals surface area contributed by atoms with Crippen molar-refractivity contribution in [2.45, 2.75) is 50.4 Å². The highest BCUT2D eigenvalue weighted by Crippen LogP contribution is 2.15. The molecule has 0 amide bonds. The second kappa shape index (κ2) is 10.1. The van der Waals surface area contributed by atoms with Crippen LogP contribution in [0.2, 0.25) is 0 Å². The molecule has 0 aliphatic rings. The number of ether oxygens (including phenoxy) is 1. The van der Waals surface area contributed by atoms with Crippen molar-refractivity contribution in [2.24, 2.45) is 5.92 Å². The van der Waals surface area contributed by atoms with Crippen molar-refractivity contribution in [1.29, 1.82) is 0 Å². The summed E-state index contributed by atoms with van der Waals surface area (Å²) in [4.78, 5) is 21.6. The molecule has 0 aromatic heterocycles. The maximum absolute atomic E-state index is 11.2. The fourth-order valence-electron chi connectivity index (χ4n) is 1.31. The monoisotopic (exact) mass is 294 g/mol. The smallest absolute Gasteiger partial charge is 0.345 e. The van der Waals surface area contributed by atoms with Gasteiger partial charge in [0.1, 0.15) is 0 Å². The molecule has 0 fully saturated rings. The van der Waals surface area contributed by atoms with Gasteiger partial charge in [0.25, 0.3) is 0 Å². The first-order valence-electron chi connectivity index (χ1n) is 6.25. The number of esters is 1. The predicted molar refractivity (Wildman–Crippen MR) is 71.5 cm³/mol. The standard InChI is InChI=1S/C12H22O6S/c1-8(2)6-4-3-5-7-18-10(15)12(17)19-11(16)9(13)14/h8,11-12,16-17H,3-7H2,1-2H3,(H,13,14). The first kappa shape index (κ1) is 18.2. The Bertz CT molecular complexity index is 281. The van der Waals surface area contributed by atoms with Gasteiger partial charge in [0.2, 0.25) is 10.9 Å². The Balaban J connectivity index is 3.65. The van der Waals surface area contributed by atoms with Crippen molar-refractivity contribution in [3.05, 3.63) is 0 Å². The highest BCUT2D eigenvalue weighted by molar-refractivity contribution is 8.01. The lowest BCUT2D eigenvalue weighted by molar-refractivity contribution is -0.149. The number of carbonyl (C=O) groups excluding carboxylic acids is 1. The number of carboxylic acid groups (broad SMARTS) is 1. The van der Waals surface area contributed by atoms with Crippen molar-refractivity contribution >= 4 is 23.7 Å². The molecular formula is C12H22O6S. The molecular weight excluding hydrogens is 272 g/mol. The SMILES string of the molecule is CC(C)CCCCCOC(=O)C(O)SC(O)C(=O)O. The average Bonchev–Trinajstić information content (AvgIpc) is 2.32. The van der Waals surface area contributed by atoms with Crippen LogP contribution in [0.4, 0.5) is 0 Å². The van der Waals surface area contributed by atoms with Crippen LogP contribution in [0.5, 0.6) is 0 Å². The van der Waals surface area contributed by atoms with Gasteiger partial charge in [0, 0.05) is 0 Å². The molecule has 3 N–H and O–H groups in total. The zero-order valence-corrected chi connectivity index (χ0v) is 12.1. The van der Waals surface area contributed by atoms with Crippen LogP contribution in [0.15, 0.2) is 0 Å². The molecule has 0 radical (unpaired) electrons. The quantitative estimate of drug-likeness (QED) is 0.316. The van der Waals surface area contributed by atoms with Crippen LogP contribution in [0.25, 0.3) is 0 Å². The van der Waals surface area contributed by atoms with Crippen molar-refractivity contribution in [2.75, 3.05) is 6.61 Å². The maximum Gasteiger partial charge on any atom is 0.345 e. The summed E-state index contributed by atoms with van der Waals surface area (Å²) in [5, 5.41) is 26.6. The fraction of sp³-hybridized carbons (Fsp3) is 0.833. The third-order valence-electron chi connectivity index (χ3n) is 2.34. The first-order chi connectivity index (χ1) is 8.84. The summed E-state index contributed by atoms with van der Waals surface area (Å²) >= 11 is 0.225. The van der Waals surface area contributed by atoms with Crippen molar-refractivity contribution in [1.82, 2.24) is 0 Å². The van der Waals surface area contributed by atoms with Crippen LogP contribution in [0.3, 0.4) is 0 Å². The molecule has 0 saturated heterocycles. The zero-order chi connectivity index (χ0) is 14.8. The van der Waals surface area contributed by atoms with Gasteiger partial charge in [0.15, 0.2) is 0 Å². The van der Waals surface area contributed by atoms with Gasteiger partial charge in [-0.05, 0) is 12.3 Å². The van der Waals surface area contributed by atoms with Crippen LogP contribution in [0.1, 0.15) is 39.5 Å². The Kier molecular flexibility index (Phi) is 9.63. The summed E-state index contributed by atoms with van der Waals surface area (Å²) in [5.41, 5.74) is -3.52. The first-order valence-corrected chi connectivity index (χ1v) is 7.20. The number of aliphatic hydroxyl groups is 2. The summed E-state index contributed by atoms with van der Waals surface area (Å²) in [5.74, 6) is -1.78. The van der Waals surface area contributed by atoms with E-state index >= 15 is 0 Å². The highest BCUT2D eigenvalue weighted by atomic mass is 32.2. The Morgan fingerprint density at radius 3 is 2.26 bits per heavy atom. The molecule has 0 saturated carbocycles. The Morgan fingerprint density at radius 1 is 1.11 bits per heavy atom. The molecule has 0 rings (SSSR count). The minimum absolute atomic E-state index is 0.192. The Labute approximate surface area is 117 Å². The minimum Gasteiger partial charge on any atom is -0.479 e. The summed E-state index contributed by atoms with van der Waals surface area (Å²) in [7, 11) is 0. The summed E-state index contributed by atoms with van der Waals surface area (Å²) < 4.78 is 4.78. The number of carboxylic acids is 1. The van der Waals surface area contributed by atoms with Crippen LogP contribution in [0, 0.1) is 5.92 Å². The van der Waals surface area contributed by atoms with E-state index in [1.54, 1.807) is 0 Å². The number of unbranched alkanes of at least 4 members (excludes halogenated alkanes) is 2. The average molecular weight is 294 g/mol. The van der Waals surface area contributed by atoms with Crippen molar-refractivity contribution in [3.63, 3.8) is 0 Å². The number of aliphatic hydroxyl groups excluding tert-OH is 2. The number of thioether (sulfide) groups is 1. The van der Waals surface area contributed by atoms with E-state index < -0.39 is 22.8 Å². The van der Waals surface area contributed by atoms with Crippen molar-refractivity contribution < 1.29 is 29.6 Å². The number of rotatable bonds is 10. The number of hydrogen-bond donors (Lipinski definition) is 3. The summed E-state index contributed by atoms with van der Waals surface area (Å²) in [6.07, 6.45) is 3.82. The number of hydrogen-bond acceptors (Lipinski definition) is 6. The third kappa shape index (κ3) is 9.75. The Hall–Kier alpha value is -0.790. The molecule has 112 valence electrons. The lowest BCUT2D eigenvalue weighted by atomic mass is 10.1. The largest absolute Gasteiger partial charge is 0.479 e. The van der Waals surface area contributed by atoms with E-state index in [1.165, 1.54) is 0 Å². The van der Waals surface area contributed by atoms with E-state index in [9.17, 15) is 14.7 Å². The normalized spacial score (nSPS) is 14.2. The van der Waals surface area contributed by atoms with E-state index in [1.807, 2.05) is 0 Å². The molecule has 19 heavy (non-hydrogen) atoms. The van der Waals surface area contributed by atoms with E-state index in [4.69, 9.17) is 14.9 Å². The van der Waals surface area contributed by atoms with Gasteiger partial charge in [-0.2, -0.15) is 0 Å². The number of aliphatic carboxylic acids is 1. The van der Waals surface area contributed by atoms with Gasteiger partial charge in [0.05, 0.1) is 6.61 Å². The molecule has 2 atom stereocenters. The van der Waals surface area contributed by atoms with Crippen LogP contribution in [-0.4, -0.2) is 44.7 Å². The topological polar surface area (TPSA) is 104 Å². The van der Waals surface area contributed by atoms with E-state index in [0.29, 0.717) is 12.3 Å².